The molecule has 1 atom stereocenters. The Kier molecular flexibility index (Phi) is 3.89. The SMILES string of the molecule is Cc1noc(C2(O)CCN(S(=O)(=O)c3cc(F)c(F)cc3F)C2)n1. The molecule has 11 heteroatoms. The van der Waals surface area contributed by atoms with Crippen molar-refractivity contribution >= 4 is 10.0 Å². The number of sulfonamides is 1. The summed E-state index contributed by atoms with van der Waals surface area (Å²) in [4.78, 5) is 2.86. The quantitative estimate of drug-likeness (QED) is 0.820. The maximum absolute atomic E-state index is 13.8. The van der Waals surface area contributed by atoms with Crippen LogP contribution in [0.4, 0.5) is 13.2 Å². The van der Waals surface area contributed by atoms with Gasteiger partial charge in [-0.2, -0.15) is 9.29 Å². The first-order valence-electron chi connectivity index (χ1n) is 6.81. The van der Waals surface area contributed by atoms with Crippen LogP contribution in [0, 0.1) is 24.4 Å². The Hall–Kier alpha value is -1.98. The summed E-state index contributed by atoms with van der Waals surface area (Å²) in [5.74, 6) is -4.31. The first kappa shape index (κ1) is 16.9. The van der Waals surface area contributed by atoms with E-state index in [1.165, 1.54) is 6.92 Å². The zero-order chi connectivity index (χ0) is 17.7. The van der Waals surface area contributed by atoms with Gasteiger partial charge >= 0.3 is 0 Å². The highest BCUT2D eigenvalue weighted by Gasteiger charge is 2.47. The largest absolute Gasteiger partial charge is 0.379 e. The summed E-state index contributed by atoms with van der Waals surface area (Å²) >= 11 is 0. The highest BCUT2D eigenvalue weighted by molar-refractivity contribution is 7.89. The molecular formula is C13H12F3N3O4S. The third kappa shape index (κ3) is 2.68. The minimum Gasteiger partial charge on any atom is -0.379 e. The van der Waals surface area contributed by atoms with Crippen LogP contribution >= 0.6 is 0 Å². The second kappa shape index (κ2) is 5.53. The molecule has 1 N–H and O–H groups in total. The molecule has 0 amide bonds. The number of hydrogen-bond donors (Lipinski definition) is 1. The van der Waals surface area contributed by atoms with Gasteiger partial charge < -0.3 is 9.63 Å². The summed E-state index contributed by atoms with van der Waals surface area (Å²) in [7, 11) is -4.48. The molecular weight excluding hydrogens is 351 g/mol. The molecule has 0 saturated carbocycles. The predicted octanol–water partition coefficient (Wildman–Crippen LogP) is 1.08. The normalized spacial score (nSPS) is 22.2. The molecule has 1 aliphatic rings. The van der Waals surface area contributed by atoms with Gasteiger partial charge in [0.05, 0.1) is 6.54 Å². The summed E-state index contributed by atoms with van der Waals surface area (Å²) in [6.07, 6.45) is -0.0703. The van der Waals surface area contributed by atoms with E-state index < -0.39 is 44.5 Å². The molecule has 2 heterocycles. The zero-order valence-electron chi connectivity index (χ0n) is 12.3. The van der Waals surface area contributed by atoms with E-state index in [0.717, 1.165) is 4.31 Å². The molecule has 1 aromatic carbocycles. The monoisotopic (exact) mass is 363 g/mol. The minimum absolute atomic E-state index is 0.0703. The van der Waals surface area contributed by atoms with Crippen LogP contribution in [0.3, 0.4) is 0 Å². The van der Waals surface area contributed by atoms with E-state index in [9.17, 15) is 26.7 Å². The number of rotatable bonds is 3. The number of β-amino-alcohol motifs (C(OH)–C–C–N with tert-alkyl or cyclic N) is 1. The van der Waals surface area contributed by atoms with Crippen LogP contribution in [0.5, 0.6) is 0 Å². The van der Waals surface area contributed by atoms with Crippen molar-refractivity contribution in [1.82, 2.24) is 14.4 Å². The Morgan fingerprint density at radius 1 is 1.25 bits per heavy atom. The predicted molar refractivity (Wildman–Crippen MR) is 72.6 cm³/mol. The average Bonchev–Trinajstić information content (AvgIpc) is 3.10. The van der Waals surface area contributed by atoms with Crippen molar-refractivity contribution < 1.29 is 31.2 Å². The van der Waals surface area contributed by atoms with Gasteiger partial charge in [-0.05, 0) is 13.0 Å². The first-order chi connectivity index (χ1) is 11.1. The number of aliphatic hydroxyl groups is 1. The molecule has 0 spiro atoms. The van der Waals surface area contributed by atoms with Gasteiger partial charge in [0.25, 0.3) is 5.89 Å². The number of aryl methyl sites for hydroxylation is 1. The third-order valence-corrected chi connectivity index (χ3v) is 5.59. The Bertz CT molecular complexity index is 902. The molecule has 130 valence electrons. The number of halogens is 3. The second-order valence-electron chi connectivity index (χ2n) is 5.46. The van der Waals surface area contributed by atoms with Crippen molar-refractivity contribution in [2.45, 2.75) is 23.8 Å². The van der Waals surface area contributed by atoms with Crippen molar-refractivity contribution in [3.8, 4) is 0 Å². The van der Waals surface area contributed by atoms with E-state index in [1.54, 1.807) is 0 Å². The average molecular weight is 363 g/mol. The minimum atomic E-state index is -4.48. The molecule has 24 heavy (non-hydrogen) atoms. The Morgan fingerprint density at radius 2 is 1.92 bits per heavy atom. The van der Waals surface area contributed by atoms with Crippen molar-refractivity contribution in [1.29, 1.82) is 0 Å². The smallest absolute Gasteiger partial charge is 0.260 e. The van der Waals surface area contributed by atoms with E-state index >= 15 is 0 Å². The van der Waals surface area contributed by atoms with E-state index in [0.29, 0.717) is 0 Å². The second-order valence-corrected chi connectivity index (χ2v) is 7.37. The molecule has 0 bridgehead atoms. The van der Waals surface area contributed by atoms with Crippen LogP contribution in [0.15, 0.2) is 21.6 Å². The fourth-order valence-corrected chi connectivity index (χ4v) is 4.02. The van der Waals surface area contributed by atoms with Gasteiger partial charge in [0.2, 0.25) is 10.0 Å². The van der Waals surface area contributed by atoms with Crippen molar-refractivity contribution in [3.63, 3.8) is 0 Å². The summed E-state index contributed by atoms with van der Waals surface area (Å²) in [5, 5.41) is 14.0. The number of aromatic nitrogens is 2. The summed E-state index contributed by atoms with van der Waals surface area (Å²) < 4.78 is 70.6. The topological polar surface area (TPSA) is 96.5 Å². The van der Waals surface area contributed by atoms with Gasteiger partial charge in [-0.1, -0.05) is 5.16 Å². The summed E-state index contributed by atoms with van der Waals surface area (Å²) in [6.45, 7) is 0.866. The van der Waals surface area contributed by atoms with E-state index in [4.69, 9.17) is 4.52 Å². The van der Waals surface area contributed by atoms with E-state index in [1.807, 2.05) is 0 Å². The van der Waals surface area contributed by atoms with Crippen LogP contribution in [0.25, 0.3) is 0 Å². The molecule has 2 aromatic rings. The summed E-state index contributed by atoms with van der Waals surface area (Å²) in [5.41, 5.74) is -1.73. The number of nitrogens with zero attached hydrogens (tertiary/aromatic N) is 3. The van der Waals surface area contributed by atoms with E-state index in [2.05, 4.69) is 10.1 Å². The van der Waals surface area contributed by atoms with Gasteiger partial charge in [0.15, 0.2) is 23.1 Å². The highest BCUT2D eigenvalue weighted by atomic mass is 32.2. The zero-order valence-corrected chi connectivity index (χ0v) is 13.1. The Balaban J connectivity index is 1.94. The van der Waals surface area contributed by atoms with Gasteiger partial charge in [-0.25, -0.2) is 21.6 Å². The van der Waals surface area contributed by atoms with Crippen LogP contribution < -0.4 is 0 Å². The molecule has 0 aliphatic carbocycles. The standard InChI is InChI=1S/C13H12F3N3O4S/c1-7-17-12(23-18-7)13(20)2-3-19(6-13)24(21,22)11-5-9(15)8(14)4-10(11)16/h4-5,20H,2-3,6H2,1H3. The highest BCUT2D eigenvalue weighted by Crippen LogP contribution is 2.34. The van der Waals surface area contributed by atoms with Crippen LogP contribution in [0.2, 0.25) is 0 Å². The van der Waals surface area contributed by atoms with Crippen molar-refractivity contribution in [3.05, 3.63) is 41.3 Å². The fourth-order valence-electron chi connectivity index (χ4n) is 2.47. The van der Waals surface area contributed by atoms with Crippen LogP contribution in [-0.2, 0) is 15.6 Å². The lowest BCUT2D eigenvalue weighted by Crippen LogP contribution is -2.35. The lowest BCUT2D eigenvalue weighted by atomic mass is 10.0. The first-order valence-corrected chi connectivity index (χ1v) is 8.25. The molecule has 1 fully saturated rings. The number of benzene rings is 1. The van der Waals surface area contributed by atoms with Gasteiger partial charge in [0, 0.05) is 19.0 Å². The fraction of sp³-hybridized carbons (Fsp3) is 0.385. The van der Waals surface area contributed by atoms with Gasteiger partial charge in [-0.15, -0.1) is 0 Å². The van der Waals surface area contributed by atoms with Gasteiger partial charge in [-0.3, -0.25) is 0 Å². The third-order valence-electron chi connectivity index (χ3n) is 3.73. The maximum atomic E-state index is 13.8. The molecule has 1 unspecified atom stereocenters. The van der Waals surface area contributed by atoms with Crippen molar-refractivity contribution in [2.75, 3.05) is 13.1 Å². The van der Waals surface area contributed by atoms with Crippen LogP contribution in [-0.4, -0.2) is 41.1 Å². The maximum Gasteiger partial charge on any atom is 0.260 e. The molecule has 7 nitrogen and oxygen atoms in total. The Morgan fingerprint density at radius 3 is 2.54 bits per heavy atom. The Labute approximate surface area is 134 Å². The molecule has 1 aromatic heterocycles. The lowest BCUT2D eigenvalue weighted by molar-refractivity contribution is 0.0194. The molecule has 3 rings (SSSR count). The summed E-state index contributed by atoms with van der Waals surface area (Å²) in [6, 6.07) is 0.431. The molecule has 1 aliphatic heterocycles. The molecule has 1 saturated heterocycles. The van der Waals surface area contributed by atoms with Gasteiger partial charge in [0.1, 0.15) is 10.7 Å². The van der Waals surface area contributed by atoms with E-state index in [-0.39, 0.29) is 36.8 Å². The van der Waals surface area contributed by atoms with Crippen molar-refractivity contribution in [2.24, 2.45) is 0 Å². The van der Waals surface area contributed by atoms with Crippen LogP contribution in [0.1, 0.15) is 18.1 Å². The number of hydrogen-bond acceptors (Lipinski definition) is 6. The molecule has 0 radical (unpaired) electrons. The lowest BCUT2D eigenvalue weighted by Gasteiger charge is -2.20.